The van der Waals surface area contributed by atoms with Crippen molar-refractivity contribution in [2.24, 2.45) is 0 Å². The van der Waals surface area contributed by atoms with Gasteiger partial charge in [-0.2, -0.15) is 0 Å². The summed E-state index contributed by atoms with van der Waals surface area (Å²) in [5, 5.41) is 3.10. The Morgan fingerprint density at radius 3 is 2.45 bits per heavy atom. The smallest absolute Gasteiger partial charge is 0.244 e. The molecule has 206 valence electrons. The zero-order valence-electron chi connectivity index (χ0n) is 21.7. The van der Waals surface area contributed by atoms with E-state index in [2.05, 4.69) is 21.2 Å². The standard InChI is InChI=1S/C27H34BrN3O6S/c1-19(27(33)29-22-9-4-3-5-10-22)30(17-20-7-6-8-21(28)15-20)26(32)18-31(38(2,34)35)23-11-12-24-25(16-23)37-14-13-36-24/h6-8,11-12,15-16,19,22H,3-5,9-10,13-14,17-18H2,1-2H3,(H,29,33). The topological polar surface area (TPSA) is 105 Å². The van der Waals surface area contributed by atoms with Gasteiger partial charge in [0.15, 0.2) is 11.5 Å². The molecule has 11 heteroatoms. The summed E-state index contributed by atoms with van der Waals surface area (Å²) in [6.45, 7) is 2.13. The van der Waals surface area contributed by atoms with Crippen LogP contribution in [0.3, 0.4) is 0 Å². The van der Waals surface area contributed by atoms with Crippen molar-refractivity contribution in [2.45, 2.75) is 57.7 Å². The second-order valence-corrected chi connectivity index (χ2v) is 12.6. The summed E-state index contributed by atoms with van der Waals surface area (Å²) in [7, 11) is -3.84. The third kappa shape index (κ3) is 7.19. The van der Waals surface area contributed by atoms with Gasteiger partial charge in [-0.25, -0.2) is 8.42 Å². The van der Waals surface area contributed by atoms with Crippen LogP contribution < -0.4 is 19.1 Å². The summed E-state index contributed by atoms with van der Waals surface area (Å²) in [5.74, 6) is 0.201. The maximum absolute atomic E-state index is 13.8. The summed E-state index contributed by atoms with van der Waals surface area (Å²) >= 11 is 3.46. The molecule has 1 N–H and O–H groups in total. The number of sulfonamides is 1. The van der Waals surface area contributed by atoms with Gasteiger partial charge in [0.05, 0.1) is 11.9 Å². The van der Waals surface area contributed by atoms with Crippen molar-refractivity contribution in [3.63, 3.8) is 0 Å². The number of hydrogen-bond acceptors (Lipinski definition) is 6. The van der Waals surface area contributed by atoms with Gasteiger partial charge in [0.1, 0.15) is 25.8 Å². The Kier molecular flexibility index (Phi) is 9.19. The Balaban J connectivity index is 1.59. The third-order valence-electron chi connectivity index (χ3n) is 6.85. The average Bonchev–Trinajstić information content (AvgIpc) is 2.89. The molecule has 2 aromatic carbocycles. The molecule has 0 radical (unpaired) electrons. The Hall–Kier alpha value is -2.79. The van der Waals surface area contributed by atoms with Gasteiger partial charge in [-0.15, -0.1) is 0 Å². The highest BCUT2D eigenvalue weighted by Gasteiger charge is 2.31. The minimum atomic E-state index is -3.84. The molecule has 0 aromatic heterocycles. The summed E-state index contributed by atoms with van der Waals surface area (Å²) < 4.78 is 38.7. The van der Waals surface area contributed by atoms with Crippen molar-refractivity contribution in [2.75, 3.05) is 30.3 Å². The first-order chi connectivity index (χ1) is 18.1. The molecule has 2 aromatic rings. The van der Waals surface area contributed by atoms with E-state index >= 15 is 0 Å². The lowest BCUT2D eigenvalue weighted by Crippen LogP contribution is -2.53. The molecule has 4 rings (SSSR count). The highest BCUT2D eigenvalue weighted by molar-refractivity contribution is 9.10. The lowest BCUT2D eigenvalue weighted by molar-refractivity contribution is -0.139. The minimum Gasteiger partial charge on any atom is -0.486 e. The molecule has 1 aliphatic heterocycles. The molecule has 38 heavy (non-hydrogen) atoms. The number of carbonyl (C=O) groups excluding carboxylic acids is 2. The molecule has 2 amide bonds. The van der Waals surface area contributed by atoms with Crippen LogP contribution >= 0.6 is 15.9 Å². The number of ether oxygens (including phenoxy) is 2. The van der Waals surface area contributed by atoms with Crippen LogP contribution in [0.5, 0.6) is 11.5 Å². The van der Waals surface area contributed by atoms with Crippen LogP contribution in [-0.4, -0.2) is 63.2 Å². The van der Waals surface area contributed by atoms with Crippen molar-refractivity contribution in [1.82, 2.24) is 10.2 Å². The van der Waals surface area contributed by atoms with Crippen LogP contribution in [0.1, 0.15) is 44.6 Å². The third-order valence-corrected chi connectivity index (χ3v) is 8.49. The lowest BCUT2D eigenvalue weighted by Gasteiger charge is -2.33. The summed E-state index contributed by atoms with van der Waals surface area (Å²) in [4.78, 5) is 28.5. The second-order valence-electron chi connectivity index (χ2n) is 9.77. The SMILES string of the molecule is CC(C(=O)NC1CCCCC1)N(Cc1cccc(Br)c1)C(=O)CN(c1ccc2c(c1)OCCO2)S(C)(=O)=O. The fraction of sp³-hybridized carbons (Fsp3) is 0.481. The Morgan fingerprint density at radius 1 is 1.05 bits per heavy atom. The monoisotopic (exact) mass is 607 g/mol. The first-order valence-electron chi connectivity index (χ1n) is 12.8. The molecule has 1 fully saturated rings. The molecule has 2 aliphatic rings. The minimum absolute atomic E-state index is 0.0896. The van der Waals surface area contributed by atoms with Crippen LogP contribution in [0.4, 0.5) is 5.69 Å². The van der Waals surface area contributed by atoms with Crippen LogP contribution in [0, 0.1) is 0 Å². The van der Waals surface area contributed by atoms with E-state index in [0.29, 0.717) is 24.7 Å². The number of nitrogens with zero attached hydrogens (tertiary/aromatic N) is 2. The number of fused-ring (bicyclic) bond motifs is 1. The Bertz CT molecular complexity index is 1270. The van der Waals surface area contributed by atoms with E-state index in [-0.39, 0.29) is 24.2 Å². The van der Waals surface area contributed by atoms with Gasteiger partial charge in [0, 0.05) is 23.1 Å². The first kappa shape index (κ1) is 28.2. The fourth-order valence-corrected chi connectivity index (χ4v) is 6.07. The van der Waals surface area contributed by atoms with Gasteiger partial charge in [-0.3, -0.25) is 13.9 Å². The quantitative estimate of drug-likeness (QED) is 0.464. The largest absolute Gasteiger partial charge is 0.486 e. The van der Waals surface area contributed by atoms with Gasteiger partial charge >= 0.3 is 0 Å². The normalized spacial score (nSPS) is 16.4. The van der Waals surface area contributed by atoms with E-state index in [4.69, 9.17) is 9.47 Å². The summed E-state index contributed by atoms with van der Waals surface area (Å²) in [5.41, 5.74) is 1.10. The Labute approximate surface area is 232 Å². The van der Waals surface area contributed by atoms with Gasteiger partial charge in [-0.05, 0) is 49.6 Å². The molecule has 0 bridgehead atoms. The number of nitrogens with one attached hydrogen (secondary N) is 1. The number of rotatable bonds is 9. The number of halogens is 1. The fourth-order valence-electron chi connectivity index (χ4n) is 4.78. The van der Waals surface area contributed by atoms with Gasteiger partial charge in [0.25, 0.3) is 0 Å². The first-order valence-corrected chi connectivity index (χ1v) is 15.5. The molecule has 1 saturated carbocycles. The number of benzene rings is 2. The molecule has 0 saturated heterocycles. The van der Waals surface area contributed by atoms with Crippen LogP contribution in [0.25, 0.3) is 0 Å². The van der Waals surface area contributed by atoms with Gasteiger partial charge in [-0.1, -0.05) is 47.3 Å². The maximum atomic E-state index is 13.8. The van der Waals surface area contributed by atoms with Crippen molar-refractivity contribution in [1.29, 1.82) is 0 Å². The lowest BCUT2D eigenvalue weighted by atomic mass is 9.95. The zero-order valence-corrected chi connectivity index (χ0v) is 24.1. The van der Waals surface area contributed by atoms with E-state index in [1.807, 2.05) is 24.3 Å². The van der Waals surface area contributed by atoms with Crippen molar-refractivity contribution < 1.29 is 27.5 Å². The second kappa shape index (κ2) is 12.4. The molecular weight excluding hydrogens is 574 g/mol. The van der Waals surface area contributed by atoms with E-state index in [1.165, 1.54) is 4.90 Å². The average molecular weight is 609 g/mol. The van der Waals surface area contributed by atoms with Crippen LogP contribution in [-0.2, 0) is 26.2 Å². The maximum Gasteiger partial charge on any atom is 0.244 e. The number of hydrogen-bond donors (Lipinski definition) is 1. The summed E-state index contributed by atoms with van der Waals surface area (Å²) in [6, 6.07) is 11.5. The van der Waals surface area contributed by atoms with E-state index in [9.17, 15) is 18.0 Å². The van der Waals surface area contributed by atoms with E-state index in [0.717, 1.165) is 52.7 Å². The van der Waals surface area contributed by atoms with Crippen molar-refractivity contribution in [3.8, 4) is 11.5 Å². The van der Waals surface area contributed by atoms with Crippen LogP contribution in [0.2, 0.25) is 0 Å². The van der Waals surface area contributed by atoms with Crippen molar-refractivity contribution in [3.05, 3.63) is 52.5 Å². The summed E-state index contributed by atoms with van der Waals surface area (Å²) in [6.07, 6.45) is 6.19. The number of anilines is 1. The predicted octanol–water partition coefficient (Wildman–Crippen LogP) is 3.85. The molecular formula is C27H34BrN3O6S. The molecule has 1 aliphatic carbocycles. The molecule has 9 nitrogen and oxygen atoms in total. The van der Waals surface area contributed by atoms with Gasteiger partial charge < -0.3 is 19.7 Å². The number of carbonyl (C=O) groups is 2. The van der Waals surface area contributed by atoms with E-state index in [1.54, 1.807) is 25.1 Å². The van der Waals surface area contributed by atoms with Crippen molar-refractivity contribution >= 4 is 43.5 Å². The molecule has 0 spiro atoms. The van der Waals surface area contributed by atoms with Crippen LogP contribution in [0.15, 0.2) is 46.9 Å². The molecule has 1 heterocycles. The highest BCUT2D eigenvalue weighted by Crippen LogP contribution is 2.34. The highest BCUT2D eigenvalue weighted by atomic mass is 79.9. The number of amides is 2. The van der Waals surface area contributed by atoms with Gasteiger partial charge in [0.2, 0.25) is 21.8 Å². The van der Waals surface area contributed by atoms with E-state index < -0.39 is 28.5 Å². The Morgan fingerprint density at radius 2 is 1.76 bits per heavy atom. The predicted molar refractivity (Wildman–Crippen MR) is 149 cm³/mol. The zero-order chi connectivity index (χ0) is 27.3. The molecule has 1 atom stereocenters. The molecule has 1 unspecified atom stereocenters.